The van der Waals surface area contributed by atoms with Crippen molar-refractivity contribution < 1.29 is 36.9 Å². The highest BCUT2D eigenvalue weighted by atomic mass is 32.2. The first-order valence-electron chi connectivity index (χ1n) is 13.9. The fraction of sp³-hybridized carbons (Fsp3) is 0.517. The number of nitrogens with zero attached hydrogens (tertiary/aromatic N) is 2. The Morgan fingerprint density at radius 1 is 1.17 bits per heavy atom. The number of ether oxygens (including phenoxy) is 3. The average molecular weight is 588 g/mol. The van der Waals surface area contributed by atoms with E-state index in [0.29, 0.717) is 23.6 Å². The summed E-state index contributed by atoms with van der Waals surface area (Å²) in [6.45, 7) is 6.21. The number of hydrogen-bond donors (Lipinski definition) is 2. The first-order valence-corrected chi connectivity index (χ1v) is 15.3. The molecule has 12 heteroatoms. The summed E-state index contributed by atoms with van der Waals surface area (Å²) in [5.41, 5.74) is 1.80. The van der Waals surface area contributed by atoms with Crippen molar-refractivity contribution in [3.05, 3.63) is 60.0 Å². The molecule has 0 spiro atoms. The van der Waals surface area contributed by atoms with Crippen LogP contribution < -0.4 is 5.32 Å². The van der Waals surface area contributed by atoms with Gasteiger partial charge >= 0.3 is 6.09 Å². The molecule has 2 aliphatic rings. The molecular weight excluding hydrogens is 550 g/mol. The molecule has 0 radical (unpaired) electrons. The lowest BCUT2D eigenvalue weighted by Crippen LogP contribution is -2.51. The van der Waals surface area contributed by atoms with Gasteiger partial charge < -0.3 is 29.1 Å². The second kappa shape index (κ2) is 12.5. The van der Waals surface area contributed by atoms with Gasteiger partial charge in [0.2, 0.25) is 10.0 Å². The summed E-state index contributed by atoms with van der Waals surface area (Å²) in [5, 5.41) is 14.2. The van der Waals surface area contributed by atoms with Crippen molar-refractivity contribution in [3.63, 3.8) is 0 Å². The minimum atomic E-state index is -4.03. The van der Waals surface area contributed by atoms with Crippen LogP contribution in [0, 0.1) is 18.8 Å². The van der Waals surface area contributed by atoms with Gasteiger partial charge in [-0.3, -0.25) is 0 Å². The lowest BCUT2D eigenvalue weighted by molar-refractivity contribution is -0.0907. The number of aromatic nitrogens is 1. The number of carbonyl (C=O) groups is 1. The van der Waals surface area contributed by atoms with E-state index < -0.39 is 34.4 Å². The number of amides is 1. The third-order valence-corrected chi connectivity index (χ3v) is 9.20. The zero-order valence-corrected chi connectivity index (χ0v) is 24.2. The normalized spacial score (nSPS) is 22.2. The Kier molecular flexibility index (Phi) is 8.95. The Morgan fingerprint density at radius 2 is 1.95 bits per heavy atom. The molecule has 3 aromatic rings. The summed E-state index contributed by atoms with van der Waals surface area (Å²) >= 11 is 0. The van der Waals surface area contributed by atoms with Crippen molar-refractivity contribution in [2.24, 2.45) is 11.8 Å². The minimum absolute atomic E-state index is 0.0253. The molecule has 1 amide bonds. The van der Waals surface area contributed by atoms with Crippen LogP contribution in [0.2, 0.25) is 0 Å². The second-order valence-corrected chi connectivity index (χ2v) is 13.0. The zero-order valence-electron chi connectivity index (χ0n) is 23.4. The maximum absolute atomic E-state index is 13.8. The Balaban J connectivity index is 1.35. The van der Waals surface area contributed by atoms with E-state index in [1.165, 1.54) is 16.4 Å². The van der Waals surface area contributed by atoms with Gasteiger partial charge in [-0.2, -0.15) is 4.31 Å². The number of sulfonamides is 1. The van der Waals surface area contributed by atoms with Crippen LogP contribution in [-0.4, -0.2) is 79.7 Å². The number of fused-ring (bicyclic) bond motifs is 2. The van der Waals surface area contributed by atoms with Crippen LogP contribution in [0.4, 0.5) is 4.79 Å². The van der Waals surface area contributed by atoms with Gasteiger partial charge in [-0.25, -0.2) is 18.2 Å². The van der Waals surface area contributed by atoms with E-state index >= 15 is 0 Å². The predicted octanol–water partition coefficient (Wildman–Crippen LogP) is 3.24. The second-order valence-electron chi connectivity index (χ2n) is 11.1. The summed E-state index contributed by atoms with van der Waals surface area (Å²) < 4.78 is 51.2. The highest BCUT2D eigenvalue weighted by Crippen LogP contribution is 2.33. The van der Waals surface area contributed by atoms with Crippen molar-refractivity contribution in [1.82, 2.24) is 14.6 Å². The van der Waals surface area contributed by atoms with Crippen LogP contribution in [0.5, 0.6) is 0 Å². The lowest BCUT2D eigenvalue weighted by Gasteiger charge is -2.31. The van der Waals surface area contributed by atoms with Crippen LogP contribution in [0.1, 0.15) is 31.7 Å². The van der Waals surface area contributed by atoms with Crippen molar-refractivity contribution in [3.8, 4) is 0 Å². The van der Waals surface area contributed by atoms with Crippen LogP contribution in [-0.2, 0) is 30.7 Å². The van der Waals surface area contributed by atoms with Gasteiger partial charge in [0.05, 0.1) is 36.2 Å². The molecular formula is C29H37N3O8S. The average Bonchev–Trinajstić information content (AvgIpc) is 3.64. The minimum Gasteiger partial charge on any atom is -0.443 e. The molecule has 1 aromatic heterocycles. The zero-order chi connectivity index (χ0) is 29.1. The SMILES string of the molecule is Cc1nc2ccc(S(=O)(=O)N(CC(C)C)C[C@@H](O)[C@H](Cc3ccccc3)NC(=O)OC3COC4OCCC34)cc2o1. The van der Waals surface area contributed by atoms with Crippen LogP contribution >= 0.6 is 0 Å². The highest BCUT2D eigenvalue weighted by molar-refractivity contribution is 7.89. The van der Waals surface area contributed by atoms with Crippen LogP contribution in [0.3, 0.4) is 0 Å². The number of rotatable bonds is 11. The quantitative estimate of drug-likeness (QED) is 0.346. The molecule has 41 heavy (non-hydrogen) atoms. The van der Waals surface area contributed by atoms with E-state index in [9.17, 15) is 18.3 Å². The highest BCUT2D eigenvalue weighted by Gasteiger charge is 2.44. The van der Waals surface area contributed by atoms with E-state index in [2.05, 4.69) is 10.3 Å². The number of carbonyl (C=O) groups excluding carboxylic acids is 1. The number of hydrogen-bond acceptors (Lipinski definition) is 9. The van der Waals surface area contributed by atoms with Crippen LogP contribution in [0.25, 0.3) is 11.1 Å². The number of aliphatic hydroxyl groups is 1. The van der Waals surface area contributed by atoms with Crippen molar-refractivity contribution >= 4 is 27.2 Å². The lowest BCUT2D eigenvalue weighted by atomic mass is 10.0. The summed E-state index contributed by atoms with van der Waals surface area (Å²) in [6, 6.07) is 13.1. The summed E-state index contributed by atoms with van der Waals surface area (Å²) in [7, 11) is -4.03. The molecule has 2 aromatic carbocycles. The molecule has 5 atom stereocenters. The summed E-state index contributed by atoms with van der Waals surface area (Å²) in [6.07, 6.45) is -1.75. The molecule has 0 aliphatic carbocycles. The summed E-state index contributed by atoms with van der Waals surface area (Å²) in [4.78, 5) is 17.3. The van der Waals surface area contributed by atoms with Gasteiger partial charge in [-0.05, 0) is 36.5 Å². The maximum atomic E-state index is 13.8. The third kappa shape index (κ3) is 6.90. The molecule has 222 valence electrons. The first-order chi connectivity index (χ1) is 19.6. The van der Waals surface area contributed by atoms with Crippen molar-refractivity contribution in [2.45, 2.75) is 63.0 Å². The van der Waals surface area contributed by atoms with Gasteiger partial charge in [0.25, 0.3) is 0 Å². The standard InChI is InChI=1S/C29H37N3O8S/c1-18(2)15-32(41(35,36)21-9-10-23-26(14-21)39-19(3)30-23)16-25(33)24(13-20-7-5-4-6-8-20)31-29(34)40-27-17-38-28-22(27)11-12-37-28/h4-10,14,18,22,24-25,27-28,33H,11-13,15-17H2,1-3H3,(H,31,34)/t22?,24-,25+,27?,28?/m0/s1. The Bertz CT molecular complexity index is 1440. The number of aliphatic hydroxyl groups excluding tert-OH is 1. The number of oxazole rings is 1. The molecule has 2 aliphatic heterocycles. The summed E-state index contributed by atoms with van der Waals surface area (Å²) in [5.74, 6) is 0.379. The number of benzene rings is 2. The number of aryl methyl sites for hydroxylation is 1. The Morgan fingerprint density at radius 3 is 2.71 bits per heavy atom. The molecule has 2 fully saturated rings. The van der Waals surface area contributed by atoms with E-state index in [0.717, 1.165) is 12.0 Å². The predicted molar refractivity (Wildman–Crippen MR) is 149 cm³/mol. The molecule has 3 unspecified atom stereocenters. The molecule has 5 rings (SSSR count). The first kappa shape index (κ1) is 29.5. The van der Waals surface area contributed by atoms with E-state index in [1.807, 2.05) is 44.2 Å². The monoisotopic (exact) mass is 587 g/mol. The Labute approximate surface area is 239 Å². The van der Waals surface area contributed by atoms with Gasteiger partial charge in [0, 0.05) is 26.1 Å². The van der Waals surface area contributed by atoms with Gasteiger partial charge in [0.1, 0.15) is 11.6 Å². The fourth-order valence-electron chi connectivity index (χ4n) is 5.37. The molecule has 0 bridgehead atoms. The van der Waals surface area contributed by atoms with Crippen molar-refractivity contribution in [1.29, 1.82) is 0 Å². The van der Waals surface area contributed by atoms with Gasteiger partial charge in [-0.1, -0.05) is 44.2 Å². The number of nitrogens with one attached hydrogen (secondary N) is 1. The maximum Gasteiger partial charge on any atom is 0.407 e. The van der Waals surface area contributed by atoms with E-state index in [-0.39, 0.29) is 49.1 Å². The van der Waals surface area contributed by atoms with E-state index in [4.69, 9.17) is 18.6 Å². The van der Waals surface area contributed by atoms with Gasteiger partial charge in [0.15, 0.2) is 17.8 Å². The van der Waals surface area contributed by atoms with E-state index in [1.54, 1.807) is 13.0 Å². The topological polar surface area (TPSA) is 140 Å². The largest absolute Gasteiger partial charge is 0.443 e. The number of alkyl carbamates (subject to hydrolysis) is 1. The molecule has 11 nitrogen and oxygen atoms in total. The molecule has 2 N–H and O–H groups in total. The smallest absolute Gasteiger partial charge is 0.407 e. The van der Waals surface area contributed by atoms with Crippen LogP contribution in [0.15, 0.2) is 57.8 Å². The molecule has 3 heterocycles. The molecule has 0 saturated carbocycles. The molecule has 2 saturated heterocycles. The van der Waals surface area contributed by atoms with Gasteiger partial charge in [-0.15, -0.1) is 0 Å². The van der Waals surface area contributed by atoms with Crippen molar-refractivity contribution in [2.75, 3.05) is 26.3 Å². The third-order valence-electron chi connectivity index (χ3n) is 7.37. The fourth-order valence-corrected chi connectivity index (χ4v) is 7.00. The Hall–Kier alpha value is -3.03.